The van der Waals surface area contributed by atoms with Crippen molar-refractivity contribution in [2.24, 2.45) is 4.99 Å². The van der Waals surface area contributed by atoms with Crippen molar-refractivity contribution in [1.29, 1.82) is 0 Å². The van der Waals surface area contributed by atoms with E-state index in [4.69, 9.17) is 16.6 Å². The maximum absolute atomic E-state index is 11.3. The Bertz CT molecular complexity index is 1370. The summed E-state index contributed by atoms with van der Waals surface area (Å²) in [7, 11) is 4.14. The first kappa shape index (κ1) is 24.5. The molecule has 0 aliphatic heterocycles. The molecule has 7 heteroatoms. The maximum Gasteiger partial charge on any atom is 0.307 e. The number of benzene rings is 3. The molecule has 1 heterocycles. The molecule has 4 aromatic rings. The fourth-order valence-corrected chi connectivity index (χ4v) is 4.30. The highest BCUT2D eigenvalue weighted by molar-refractivity contribution is 6.31. The summed E-state index contributed by atoms with van der Waals surface area (Å²) in [5, 5.41) is 21.4. The van der Waals surface area contributed by atoms with Crippen LogP contribution in [-0.4, -0.2) is 52.4 Å². The van der Waals surface area contributed by atoms with Gasteiger partial charge >= 0.3 is 5.97 Å². The van der Waals surface area contributed by atoms with E-state index in [2.05, 4.69) is 36.1 Å². The summed E-state index contributed by atoms with van der Waals surface area (Å²) < 4.78 is 0. The molecule has 180 valence electrons. The third-order valence-electron chi connectivity index (χ3n) is 5.78. The van der Waals surface area contributed by atoms with Gasteiger partial charge in [-0.05, 0) is 74.9 Å². The zero-order valence-electron chi connectivity index (χ0n) is 19.8. The van der Waals surface area contributed by atoms with Crippen LogP contribution < -0.4 is 0 Å². The summed E-state index contributed by atoms with van der Waals surface area (Å²) >= 11 is 6.15. The maximum atomic E-state index is 11.3. The standard InChI is InChI=1S/C28H28ClN3O3/c1-32(2)14-4-6-18-8-11-22(12-9-18)30-27(20-7-3-5-19(15-20)16-25(33)34)26-23-13-10-21(29)17-24(23)31-28(26)35/h3,5,7-13,15,17,31,35H,4,6,14,16H2,1-2H3,(H,33,34). The number of nitrogens with zero attached hydrogens (tertiary/aromatic N) is 2. The Morgan fingerprint density at radius 2 is 1.80 bits per heavy atom. The predicted molar refractivity (Wildman–Crippen MR) is 141 cm³/mol. The molecule has 3 N–H and O–H groups in total. The van der Waals surface area contributed by atoms with Crippen LogP contribution >= 0.6 is 11.6 Å². The number of carboxylic acids is 1. The van der Waals surface area contributed by atoms with E-state index in [9.17, 15) is 15.0 Å². The van der Waals surface area contributed by atoms with Crippen LogP contribution in [0.3, 0.4) is 0 Å². The second-order valence-corrected chi connectivity index (χ2v) is 9.28. The van der Waals surface area contributed by atoms with Gasteiger partial charge < -0.3 is 20.1 Å². The van der Waals surface area contributed by atoms with Gasteiger partial charge in [-0.2, -0.15) is 0 Å². The van der Waals surface area contributed by atoms with Crippen molar-refractivity contribution in [1.82, 2.24) is 9.88 Å². The quantitative estimate of drug-likeness (QED) is 0.258. The fourth-order valence-electron chi connectivity index (χ4n) is 4.13. The van der Waals surface area contributed by atoms with E-state index >= 15 is 0 Å². The highest BCUT2D eigenvalue weighted by Gasteiger charge is 2.19. The van der Waals surface area contributed by atoms with Crippen LogP contribution in [0.4, 0.5) is 5.69 Å². The van der Waals surface area contributed by atoms with Gasteiger partial charge in [0.25, 0.3) is 0 Å². The van der Waals surface area contributed by atoms with Gasteiger partial charge in [-0.3, -0.25) is 4.79 Å². The number of carboxylic acid groups (broad SMARTS) is 1. The van der Waals surface area contributed by atoms with Gasteiger partial charge in [0.2, 0.25) is 0 Å². The smallest absolute Gasteiger partial charge is 0.307 e. The summed E-state index contributed by atoms with van der Waals surface area (Å²) in [6.45, 7) is 1.03. The Balaban J connectivity index is 1.78. The molecule has 0 amide bonds. The third kappa shape index (κ3) is 6.10. The summed E-state index contributed by atoms with van der Waals surface area (Å²) in [5.74, 6) is -0.931. The van der Waals surface area contributed by atoms with Crippen molar-refractivity contribution >= 4 is 39.9 Å². The van der Waals surface area contributed by atoms with Crippen LogP contribution in [0, 0.1) is 0 Å². The van der Waals surface area contributed by atoms with E-state index in [0.717, 1.165) is 30.5 Å². The predicted octanol–water partition coefficient (Wildman–Crippen LogP) is 5.82. The van der Waals surface area contributed by atoms with Crippen LogP contribution in [0.5, 0.6) is 5.88 Å². The summed E-state index contributed by atoms with van der Waals surface area (Å²) in [6.07, 6.45) is 1.96. The molecule has 0 unspecified atom stereocenters. The summed E-state index contributed by atoms with van der Waals surface area (Å²) in [4.78, 5) is 21.4. The van der Waals surface area contributed by atoms with Gasteiger partial charge in [-0.1, -0.05) is 48.0 Å². The van der Waals surface area contributed by atoms with Crippen molar-refractivity contribution in [2.75, 3.05) is 20.6 Å². The minimum absolute atomic E-state index is 0.0232. The molecule has 0 saturated carbocycles. The van der Waals surface area contributed by atoms with Crippen molar-refractivity contribution < 1.29 is 15.0 Å². The van der Waals surface area contributed by atoms with Crippen LogP contribution in [0.15, 0.2) is 71.7 Å². The highest BCUT2D eigenvalue weighted by Crippen LogP contribution is 2.33. The number of H-pyrrole nitrogens is 1. The number of nitrogens with one attached hydrogen (secondary N) is 1. The van der Waals surface area contributed by atoms with Crippen molar-refractivity contribution in [3.05, 3.63) is 94.0 Å². The van der Waals surface area contributed by atoms with Gasteiger partial charge in [-0.15, -0.1) is 0 Å². The molecular weight excluding hydrogens is 462 g/mol. The molecule has 0 spiro atoms. The van der Waals surface area contributed by atoms with E-state index in [1.165, 1.54) is 5.56 Å². The van der Waals surface area contributed by atoms with Crippen LogP contribution in [-0.2, 0) is 17.6 Å². The molecule has 0 fully saturated rings. The van der Waals surface area contributed by atoms with Gasteiger partial charge in [0, 0.05) is 16.0 Å². The van der Waals surface area contributed by atoms with Gasteiger partial charge in [-0.25, -0.2) is 4.99 Å². The van der Waals surface area contributed by atoms with E-state index in [1.807, 2.05) is 24.3 Å². The zero-order chi connectivity index (χ0) is 24.9. The molecule has 0 aliphatic carbocycles. The summed E-state index contributed by atoms with van der Waals surface area (Å²) in [5.41, 5.74) is 5.12. The minimum Gasteiger partial charge on any atom is -0.494 e. The van der Waals surface area contributed by atoms with E-state index < -0.39 is 5.97 Å². The van der Waals surface area contributed by atoms with E-state index in [0.29, 0.717) is 32.9 Å². The molecular formula is C28H28ClN3O3. The molecule has 0 radical (unpaired) electrons. The molecule has 0 atom stereocenters. The number of aryl methyl sites for hydroxylation is 1. The number of carbonyl (C=O) groups is 1. The second kappa shape index (κ2) is 10.8. The molecule has 0 bridgehead atoms. The lowest BCUT2D eigenvalue weighted by atomic mass is 9.98. The Morgan fingerprint density at radius 1 is 1.03 bits per heavy atom. The Labute approximate surface area is 209 Å². The molecule has 6 nitrogen and oxygen atoms in total. The lowest BCUT2D eigenvalue weighted by molar-refractivity contribution is -0.136. The largest absolute Gasteiger partial charge is 0.494 e. The second-order valence-electron chi connectivity index (χ2n) is 8.84. The first-order chi connectivity index (χ1) is 16.8. The number of hydrogen-bond donors (Lipinski definition) is 3. The lowest BCUT2D eigenvalue weighted by Gasteiger charge is -2.10. The van der Waals surface area contributed by atoms with Gasteiger partial charge in [0.05, 0.1) is 28.9 Å². The number of halogens is 1. The number of aliphatic carboxylic acids is 1. The zero-order valence-corrected chi connectivity index (χ0v) is 20.5. The minimum atomic E-state index is -0.907. The van der Waals surface area contributed by atoms with Crippen LogP contribution in [0.1, 0.15) is 28.7 Å². The van der Waals surface area contributed by atoms with E-state index in [1.54, 1.807) is 30.3 Å². The molecule has 1 aromatic heterocycles. The fraction of sp³-hybridized carbons (Fsp3) is 0.214. The highest BCUT2D eigenvalue weighted by atomic mass is 35.5. The SMILES string of the molecule is CN(C)CCCc1ccc(N=C(c2cccc(CC(=O)O)c2)c2c(O)[nH]c3cc(Cl)ccc23)cc1. The Morgan fingerprint density at radius 3 is 2.51 bits per heavy atom. The monoisotopic (exact) mass is 489 g/mol. The number of rotatable bonds is 9. The van der Waals surface area contributed by atoms with Crippen LogP contribution in [0.2, 0.25) is 5.02 Å². The number of fused-ring (bicyclic) bond motifs is 1. The van der Waals surface area contributed by atoms with Gasteiger partial charge in [0.15, 0.2) is 5.88 Å². The first-order valence-electron chi connectivity index (χ1n) is 11.4. The molecule has 0 saturated heterocycles. The van der Waals surface area contributed by atoms with Gasteiger partial charge in [0.1, 0.15) is 0 Å². The topological polar surface area (TPSA) is 88.9 Å². The lowest BCUT2D eigenvalue weighted by Crippen LogP contribution is -2.13. The average molecular weight is 490 g/mol. The van der Waals surface area contributed by atoms with Crippen LogP contribution in [0.25, 0.3) is 10.9 Å². The summed E-state index contributed by atoms with van der Waals surface area (Å²) in [6, 6.07) is 20.7. The molecule has 0 aliphatic rings. The molecule has 3 aromatic carbocycles. The normalized spacial score (nSPS) is 11.9. The average Bonchev–Trinajstić information content (AvgIpc) is 3.12. The first-order valence-corrected chi connectivity index (χ1v) is 11.8. The number of aliphatic imine (C=N–C) groups is 1. The number of hydrogen-bond acceptors (Lipinski definition) is 4. The third-order valence-corrected chi connectivity index (χ3v) is 6.02. The number of aromatic amines is 1. The number of aromatic hydroxyl groups is 1. The number of aromatic nitrogens is 1. The van der Waals surface area contributed by atoms with E-state index in [-0.39, 0.29) is 12.3 Å². The Hall–Kier alpha value is -3.61. The van der Waals surface area contributed by atoms with Crippen molar-refractivity contribution in [3.63, 3.8) is 0 Å². The molecule has 35 heavy (non-hydrogen) atoms. The van der Waals surface area contributed by atoms with Crippen molar-refractivity contribution in [2.45, 2.75) is 19.3 Å². The Kier molecular flexibility index (Phi) is 7.54. The van der Waals surface area contributed by atoms with Crippen molar-refractivity contribution in [3.8, 4) is 5.88 Å². The molecule has 4 rings (SSSR count).